The summed E-state index contributed by atoms with van der Waals surface area (Å²) in [6.07, 6.45) is 9.25. The lowest BCUT2D eigenvalue weighted by atomic mass is 9.48. The van der Waals surface area contributed by atoms with Gasteiger partial charge in [-0.25, -0.2) is 14.1 Å². The minimum Gasteiger partial charge on any atom is -0.487 e. The monoisotopic (exact) mass is 754 g/mol. The number of nitrogens with zero attached hydrogens (tertiary/aromatic N) is 1. The molecule has 4 saturated carbocycles. The molecule has 0 radical (unpaired) electrons. The Labute approximate surface area is 271 Å². The van der Waals surface area contributed by atoms with Crippen LogP contribution in [-0.2, 0) is 21.6 Å². The Hall–Kier alpha value is -3.05. The number of barbiturate groups is 1. The average Bonchev–Trinajstić information content (AvgIpc) is 2.94. The van der Waals surface area contributed by atoms with Crippen molar-refractivity contribution in [1.82, 2.24) is 5.32 Å². The molecule has 9 heteroatoms. The van der Waals surface area contributed by atoms with Gasteiger partial charge in [0.25, 0.3) is 11.8 Å². The zero-order chi connectivity index (χ0) is 29.9. The predicted molar refractivity (Wildman–Crippen MR) is 173 cm³/mol. The van der Waals surface area contributed by atoms with Gasteiger partial charge in [-0.1, -0.05) is 24.3 Å². The Morgan fingerprint density at radius 3 is 2.28 bits per heavy atom. The molecule has 4 amide bonds. The quantitative estimate of drug-likeness (QED) is 0.158. The van der Waals surface area contributed by atoms with E-state index in [0.717, 1.165) is 26.2 Å². The van der Waals surface area contributed by atoms with Crippen LogP contribution in [0.15, 0.2) is 70.7 Å². The Balaban J connectivity index is 1.12. The van der Waals surface area contributed by atoms with Crippen molar-refractivity contribution in [3.05, 3.63) is 96.8 Å². The van der Waals surface area contributed by atoms with Crippen molar-refractivity contribution in [3.63, 3.8) is 0 Å². The fourth-order valence-corrected chi connectivity index (χ4v) is 9.84. The number of imide groups is 2. The number of rotatable bonds is 6. The summed E-state index contributed by atoms with van der Waals surface area (Å²) in [6.45, 7) is 0.173. The minimum atomic E-state index is -0.758. The molecule has 1 N–H and O–H groups in total. The van der Waals surface area contributed by atoms with Gasteiger partial charge < -0.3 is 4.74 Å². The van der Waals surface area contributed by atoms with Crippen LogP contribution in [0.25, 0.3) is 6.08 Å². The molecule has 6 nitrogen and oxygen atoms in total. The van der Waals surface area contributed by atoms with Gasteiger partial charge in [0.2, 0.25) is 0 Å². The van der Waals surface area contributed by atoms with Crippen molar-refractivity contribution in [2.24, 2.45) is 17.8 Å². The number of nitrogens with one attached hydrogen (secondary N) is 1. The second-order valence-corrected chi connectivity index (χ2v) is 14.5. The second-order valence-electron chi connectivity index (χ2n) is 12.4. The highest BCUT2D eigenvalue weighted by Crippen LogP contribution is 2.60. The summed E-state index contributed by atoms with van der Waals surface area (Å²) < 4.78 is 20.8. The van der Waals surface area contributed by atoms with Crippen LogP contribution >= 0.6 is 38.5 Å². The third-order valence-corrected chi connectivity index (χ3v) is 10.9. The standard InChI is InChI=1S/C34H29BrFIN2O4/c35-28-13-20(14-29(37)30(28)43-18-19-2-1-3-25(36)11-19)12-27-31(40)38-33(42)39(32(27)41)26-6-4-24(5-7-26)34-15-21-8-22(16-34)10-23(9-21)17-34/h1-7,11-14,21-23H,8-10,15-18H2,(H,38,40,42)/b27-12+. The van der Waals surface area contributed by atoms with Crippen LogP contribution < -0.4 is 15.0 Å². The highest BCUT2D eigenvalue weighted by molar-refractivity contribution is 14.1. The Kier molecular flexibility index (Phi) is 7.44. The SMILES string of the molecule is O=C1NC(=O)N(c2ccc(C34CC5CC(CC(C5)C3)C4)cc2)C(=O)/C1=C/c1cc(Br)c(OCc2cccc(F)c2)c(I)c1. The number of benzene rings is 3. The van der Waals surface area contributed by atoms with Crippen LogP contribution in [0.4, 0.5) is 14.9 Å². The Morgan fingerprint density at radius 1 is 0.977 bits per heavy atom. The molecule has 5 fully saturated rings. The molecule has 8 rings (SSSR count). The summed E-state index contributed by atoms with van der Waals surface area (Å²) in [6, 6.07) is 16.8. The fourth-order valence-electron chi connectivity index (χ4n) is 8.07. The first-order chi connectivity index (χ1) is 20.7. The first-order valence-electron chi connectivity index (χ1n) is 14.6. The molecule has 1 aliphatic heterocycles. The smallest absolute Gasteiger partial charge is 0.335 e. The van der Waals surface area contributed by atoms with E-state index in [1.807, 2.05) is 12.1 Å². The molecule has 43 heavy (non-hydrogen) atoms. The van der Waals surface area contributed by atoms with E-state index in [1.165, 1.54) is 62.3 Å². The summed E-state index contributed by atoms with van der Waals surface area (Å²) in [5.74, 6) is 1.26. The maximum Gasteiger partial charge on any atom is 0.335 e. The van der Waals surface area contributed by atoms with Gasteiger partial charge in [-0.05, 0) is 159 Å². The van der Waals surface area contributed by atoms with Crippen molar-refractivity contribution >= 4 is 68.1 Å². The van der Waals surface area contributed by atoms with Crippen molar-refractivity contribution < 1.29 is 23.5 Å². The van der Waals surface area contributed by atoms with Crippen LogP contribution in [-0.4, -0.2) is 17.8 Å². The van der Waals surface area contributed by atoms with E-state index in [0.29, 0.717) is 27.0 Å². The van der Waals surface area contributed by atoms with Crippen LogP contribution in [0.5, 0.6) is 5.75 Å². The lowest BCUT2D eigenvalue weighted by Gasteiger charge is -2.57. The normalized spacial score (nSPS) is 27.1. The third kappa shape index (κ3) is 5.43. The molecule has 4 bridgehead atoms. The van der Waals surface area contributed by atoms with Crippen molar-refractivity contribution in [2.45, 2.75) is 50.5 Å². The van der Waals surface area contributed by atoms with E-state index < -0.39 is 17.8 Å². The van der Waals surface area contributed by atoms with E-state index >= 15 is 0 Å². The molecule has 0 spiro atoms. The summed E-state index contributed by atoms with van der Waals surface area (Å²) in [4.78, 5) is 40.3. The predicted octanol–water partition coefficient (Wildman–Crippen LogP) is 7.91. The highest BCUT2D eigenvalue weighted by atomic mass is 127. The minimum absolute atomic E-state index is 0.138. The molecule has 3 aromatic rings. The molecule has 0 unspecified atom stereocenters. The number of carbonyl (C=O) groups excluding carboxylic acids is 3. The summed E-state index contributed by atoms with van der Waals surface area (Å²) >= 11 is 5.63. The molecule has 1 heterocycles. The zero-order valence-electron chi connectivity index (χ0n) is 23.2. The van der Waals surface area contributed by atoms with E-state index in [1.54, 1.807) is 24.3 Å². The fraction of sp³-hybridized carbons (Fsp3) is 0.324. The van der Waals surface area contributed by atoms with Gasteiger partial charge in [-0.3, -0.25) is 14.9 Å². The molecule has 5 aliphatic rings. The van der Waals surface area contributed by atoms with Gasteiger partial charge in [0.1, 0.15) is 23.7 Å². The largest absolute Gasteiger partial charge is 0.487 e. The number of urea groups is 1. The number of ether oxygens (including phenoxy) is 1. The van der Waals surface area contributed by atoms with E-state index in [-0.39, 0.29) is 23.4 Å². The molecular weight excluding hydrogens is 726 g/mol. The van der Waals surface area contributed by atoms with E-state index in [4.69, 9.17) is 4.74 Å². The number of halogens is 3. The number of carbonyl (C=O) groups is 3. The van der Waals surface area contributed by atoms with E-state index in [9.17, 15) is 18.8 Å². The molecule has 3 aromatic carbocycles. The van der Waals surface area contributed by atoms with Crippen molar-refractivity contribution in [3.8, 4) is 5.75 Å². The number of hydrogen-bond acceptors (Lipinski definition) is 4. The third-order valence-electron chi connectivity index (χ3n) is 9.48. The lowest BCUT2D eigenvalue weighted by Crippen LogP contribution is -2.54. The van der Waals surface area contributed by atoms with Crippen LogP contribution in [0.3, 0.4) is 0 Å². The number of amides is 4. The zero-order valence-corrected chi connectivity index (χ0v) is 27.0. The summed E-state index contributed by atoms with van der Waals surface area (Å²) in [5, 5.41) is 2.33. The van der Waals surface area contributed by atoms with Crippen LogP contribution in [0.2, 0.25) is 0 Å². The number of hydrogen-bond donors (Lipinski definition) is 1. The highest BCUT2D eigenvalue weighted by Gasteiger charge is 2.51. The Morgan fingerprint density at radius 2 is 1.65 bits per heavy atom. The van der Waals surface area contributed by atoms with Crippen LogP contribution in [0, 0.1) is 27.1 Å². The van der Waals surface area contributed by atoms with Gasteiger partial charge in [-0.2, -0.15) is 0 Å². The molecular formula is C34H29BrFIN2O4. The average molecular weight is 755 g/mol. The van der Waals surface area contributed by atoms with Gasteiger partial charge in [0.05, 0.1) is 13.7 Å². The maximum atomic E-state index is 13.6. The first-order valence-corrected chi connectivity index (χ1v) is 16.4. The van der Waals surface area contributed by atoms with Crippen LogP contribution in [0.1, 0.15) is 55.2 Å². The summed E-state index contributed by atoms with van der Waals surface area (Å²) in [7, 11) is 0. The molecule has 1 saturated heterocycles. The van der Waals surface area contributed by atoms with Crippen molar-refractivity contribution in [1.29, 1.82) is 0 Å². The van der Waals surface area contributed by atoms with Crippen molar-refractivity contribution in [2.75, 3.05) is 4.90 Å². The van der Waals surface area contributed by atoms with Gasteiger partial charge in [-0.15, -0.1) is 0 Å². The molecule has 0 aromatic heterocycles. The maximum absolute atomic E-state index is 13.6. The topological polar surface area (TPSA) is 75.7 Å². The number of anilines is 1. The first kappa shape index (κ1) is 28.7. The second kappa shape index (κ2) is 11.1. The Bertz CT molecular complexity index is 1630. The molecule has 4 aliphatic carbocycles. The van der Waals surface area contributed by atoms with Gasteiger partial charge in [0, 0.05) is 0 Å². The molecule has 220 valence electrons. The lowest BCUT2D eigenvalue weighted by molar-refractivity contribution is -0.122. The summed E-state index contributed by atoms with van der Waals surface area (Å²) in [5.41, 5.74) is 3.08. The molecule has 0 atom stereocenters. The van der Waals surface area contributed by atoms with E-state index in [2.05, 4.69) is 56.0 Å². The van der Waals surface area contributed by atoms with Gasteiger partial charge >= 0.3 is 6.03 Å². The van der Waals surface area contributed by atoms with Gasteiger partial charge in [0.15, 0.2) is 0 Å².